The third-order valence-corrected chi connectivity index (χ3v) is 8.71. The molecule has 2 aliphatic rings. The summed E-state index contributed by atoms with van der Waals surface area (Å²) in [7, 11) is 1.79. The molecular weight excluding hydrogens is 489 g/mol. The summed E-state index contributed by atoms with van der Waals surface area (Å²) in [5.41, 5.74) is 4.90. The third kappa shape index (κ3) is 6.11. The fourth-order valence-electron chi connectivity index (χ4n) is 6.46. The molecule has 0 amide bonds. The number of aromatic nitrogens is 3. The maximum Gasteiger partial charge on any atom is 0.126 e. The molecule has 1 saturated carbocycles. The van der Waals surface area contributed by atoms with Crippen molar-refractivity contribution in [3.8, 4) is 11.3 Å². The molecule has 2 aromatic carbocycles. The van der Waals surface area contributed by atoms with Crippen LogP contribution in [0.15, 0.2) is 60.8 Å². The van der Waals surface area contributed by atoms with Crippen LogP contribution < -0.4 is 0 Å². The second-order valence-corrected chi connectivity index (χ2v) is 11.2. The Bertz CT molecular complexity index is 1360. The van der Waals surface area contributed by atoms with Crippen LogP contribution in [0.1, 0.15) is 49.4 Å². The van der Waals surface area contributed by atoms with Gasteiger partial charge < -0.3 is 14.6 Å². The highest BCUT2D eigenvalue weighted by atomic mass is 19.1. The zero-order valence-corrected chi connectivity index (χ0v) is 23.0. The van der Waals surface area contributed by atoms with Crippen LogP contribution in [-0.4, -0.2) is 77.0 Å². The Hall–Kier alpha value is -3.00. The number of halogens is 1. The largest absolute Gasteiger partial charge is 0.385 e. The number of hydrogen-bond donors (Lipinski definition) is 1. The Morgan fingerprint density at radius 2 is 1.74 bits per heavy atom. The molecule has 6 rings (SSSR count). The first-order chi connectivity index (χ1) is 19.2. The number of benzene rings is 2. The summed E-state index contributed by atoms with van der Waals surface area (Å²) in [6.07, 6.45) is 8.72. The SMILES string of the molecule is COCCCN1CCN([C@H]2CC[C@H](n3ccc(-c4ccc5cc(Cc6ccccc6F)[nH]c5c4)n3)CC2)CC1. The number of aromatic amines is 1. The van der Waals surface area contributed by atoms with E-state index in [1.165, 1.54) is 57.9 Å². The lowest BCUT2D eigenvalue weighted by Gasteiger charge is -2.42. The molecule has 0 atom stereocenters. The smallest absolute Gasteiger partial charge is 0.126 e. The minimum atomic E-state index is -0.160. The molecule has 6 nitrogen and oxygen atoms in total. The lowest BCUT2D eigenvalue weighted by molar-refractivity contribution is 0.0659. The van der Waals surface area contributed by atoms with Gasteiger partial charge in [0.2, 0.25) is 0 Å². The fraction of sp³-hybridized carbons (Fsp3) is 0.469. The standard InChI is InChI=1S/C32H40FN5O/c1-39-20-4-14-36-16-18-37(19-17-36)28-9-11-29(12-10-28)38-15-13-31(35-38)26-8-7-25-22-27(34-32(25)23-26)21-24-5-2-3-6-30(24)33/h2-3,5-8,13,15,22-23,28-29,34H,4,9-12,14,16-21H2,1H3/t28-,29-. The Labute approximate surface area is 230 Å². The van der Waals surface area contributed by atoms with Crippen LogP contribution in [0.5, 0.6) is 0 Å². The van der Waals surface area contributed by atoms with Crippen LogP contribution in [0.2, 0.25) is 0 Å². The van der Waals surface area contributed by atoms with Gasteiger partial charge in [-0.05, 0) is 67.3 Å². The first kappa shape index (κ1) is 26.2. The zero-order chi connectivity index (χ0) is 26.6. The number of piperazine rings is 1. The van der Waals surface area contributed by atoms with Gasteiger partial charge in [0, 0.05) is 81.9 Å². The summed E-state index contributed by atoms with van der Waals surface area (Å²) in [5.74, 6) is -0.160. The summed E-state index contributed by atoms with van der Waals surface area (Å²) in [6.45, 7) is 6.76. The number of nitrogens with one attached hydrogen (secondary N) is 1. The van der Waals surface area contributed by atoms with Crippen LogP contribution in [0.25, 0.3) is 22.2 Å². The van der Waals surface area contributed by atoms with Gasteiger partial charge in [-0.25, -0.2) is 4.39 Å². The summed E-state index contributed by atoms with van der Waals surface area (Å²) in [5, 5.41) is 6.14. The zero-order valence-electron chi connectivity index (χ0n) is 23.0. The predicted octanol–water partition coefficient (Wildman–Crippen LogP) is 5.90. The summed E-state index contributed by atoms with van der Waals surface area (Å²) in [6, 6.07) is 18.9. The molecule has 0 bridgehead atoms. The molecule has 0 radical (unpaired) electrons. The van der Waals surface area contributed by atoms with Gasteiger partial charge in [-0.15, -0.1) is 0 Å². The van der Waals surface area contributed by atoms with Gasteiger partial charge >= 0.3 is 0 Å². The van der Waals surface area contributed by atoms with Gasteiger partial charge in [0.15, 0.2) is 0 Å². The maximum atomic E-state index is 14.1. The second kappa shape index (κ2) is 12.0. The highest BCUT2D eigenvalue weighted by Gasteiger charge is 2.29. The van der Waals surface area contributed by atoms with E-state index in [1.54, 1.807) is 13.2 Å². The molecule has 0 unspecified atom stereocenters. The van der Waals surface area contributed by atoms with Gasteiger partial charge in [-0.1, -0.05) is 30.3 Å². The highest BCUT2D eigenvalue weighted by molar-refractivity contribution is 5.85. The van der Waals surface area contributed by atoms with E-state index in [1.807, 2.05) is 12.1 Å². The van der Waals surface area contributed by atoms with Gasteiger partial charge in [0.1, 0.15) is 5.82 Å². The normalized spacial score (nSPS) is 21.1. The minimum Gasteiger partial charge on any atom is -0.385 e. The van der Waals surface area contributed by atoms with Crippen molar-refractivity contribution in [3.63, 3.8) is 0 Å². The van der Waals surface area contributed by atoms with Crippen molar-refractivity contribution >= 4 is 10.9 Å². The Morgan fingerprint density at radius 1 is 0.949 bits per heavy atom. The van der Waals surface area contributed by atoms with Crippen LogP contribution >= 0.6 is 0 Å². The molecule has 206 valence electrons. The van der Waals surface area contributed by atoms with Gasteiger partial charge in [0.05, 0.1) is 11.7 Å². The van der Waals surface area contributed by atoms with Gasteiger partial charge in [-0.2, -0.15) is 5.10 Å². The Morgan fingerprint density at radius 3 is 2.54 bits per heavy atom. The monoisotopic (exact) mass is 529 g/mol. The number of rotatable bonds is 9. The van der Waals surface area contributed by atoms with Crippen molar-refractivity contribution in [2.45, 2.75) is 50.6 Å². The predicted molar refractivity (Wildman–Crippen MR) is 155 cm³/mol. The Kier molecular flexibility index (Phi) is 8.09. The van der Waals surface area contributed by atoms with Gasteiger partial charge in [-0.3, -0.25) is 9.58 Å². The number of fused-ring (bicyclic) bond motifs is 1. The molecule has 4 aromatic rings. The van der Waals surface area contributed by atoms with Crippen LogP contribution in [0.3, 0.4) is 0 Å². The topological polar surface area (TPSA) is 49.3 Å². The number of methoxy groups -OCH3 is 1. The molecule has 2 aromatic heterocycles. The van der Waals surface area contributed by atoms with Gasteiger partial charge in [0.25, 0.3) is 0 Å². The van der Waals surface area contributed by atoms with Crippen molar-refractivity contribution in [1.29, 1.82) is 0 Å². The first-order valence-corrected chi connectivity index (χ1v) is 14.5. The van der Waals surface area contributed by atoms with Crippen molar-refractivity contribution in [1.82, 2.24) is 24.6 Å². The maximum absolute atomic E-state index is 14.1. The van der Waals surface area contributed by atoms with E-state index in [2.05, 4.69) is 56.0 Å². The Balaban J connectivity index is 1.04. The average Bonchev–Trinajstić information content (AvgIpc) is 3.62. The number of hydrogen-bond acceptors (Lipinski definition) is 4. The molecular formula is C32H40FN5O. The van der Waals surface area contributed by atoms with Crippen LogP contribution in [0, 0.1) is 5.82 Å². The summed E-state index contributed by atoms with van der Waals surface area (Å²) >= 11 is 0. The molecule has 1 aliphatic carbocycles. The molecule has 1 N–H and O–H groups in total. The summed E-state index contributed by atoms with van der Waals surface area (Å²) < 4.78 is 21.5. The lowest BCUT2D eigenvalue weighted by atomic mass is 9.90. The van der Waals surface area contributed by atoms with E-state index >= 15 is 0 Å². The molecule has 39 heavy (non-hydrogen) atoms. The van der Waals surface area contributed by atoms with Crippen molar-refractivity contribution < 1.29 is 9.13 Å². The third-order valence-electron chi connectivity index (χ3n) is 8.71. The quantitative estimate of drug-likeness (QED) is 0.274. The summed E-state index contributed by atoms with van der Waals surface area (Å²) in [4.78, 5) is 8.80. The molecule has 7 heteroatoms. The van der Waals surface area contributed by atoms with Crippen molar-refractivity contribution in [2.24, 2.45) is 0 Å². The molecule has 0 spiro atoms. The average molecular weight is 530 g/mol. The first-order valence-electron chi connectivity index (χ1n) is 14.5. The fourth-order valence-corrected chi connectivity index (χ4v) is 6.46. The van der Waals surface area contributed by atoms with E-state index in [4.69, 9.17) is 9.84 Å². The van der Waals surface area contributed by atoms with Crippen molar-refractivity contribution in [3.05, 3.63) is 77.9 Å². The van der Waals surface area contributed by atoms with Crippen molar-refractivity contribution in [2.75, 3.05) is 46.4 Å². The molecule has 1 saturated heterocycles. The molecule has 2 fully saturated rings. The van der Waals surface area contributed by atoms with E-state index in [0.717, 1.165) is 47.4 Å². The van der Waals surface area contributed by atoms with E-state index in [0.29, 0.717) is 24.1 Å². The second-order valence-electron chi connectivity index (χ2n) is 11.2. The number of H-pyrrole nitrogens is 1. The number of nitrogens with zero attached hydrogens (tertiary/aromatic N) is 4. The van der Waals surface area contributed by atoms with Crippen LogP contribution in [0.4, 0.5) is 4.39 Å². The molecule has 3 heterocycles. The van der Waals surface area contributed by atoms with Crippen LogP contribution in [-0.2, 0) is 11.2 Å². The molecule has 1 aliphatic heterocycles. The van der Waals surface area contributed by atoms with E-state index < -0.39 is 0 Å². The van der Waals surface area contributed by atoms with E-state index in [9.17, 15) is 4.39 Å². The highest BCUT2D eigenvalue weighted by Crippen LogP contribution is 2.32. The minimum absolute atomic E-state index is 0.160. The lowest BCUT2D eigenvalue weighted by Crippen LogP contribution is -2.51. The number of ether oxygens (including phenoxy) is 1. The van der Waals surface area contributed by atoms with E-state index in [-0.39, 0.29) is 5.82 Å².